The van der Waals surface area contributed by atoms with Gasteiger partial charge in [0.2, 0.25) is 0 Å². The monoisotopic (exact) mass is 366 g/mol. The summed E-state index contributed by atoms with van der Waals surface area (Å²) in [6.45, 7) is 0. The van der Waals surface area contributed by atoms with E-state index in [1.807, 2.05) is 72.8 Å². The Hall–Kier alpha value is -3.66. The number of amides is 2. The number of benzene rings is 3. The van der Waals surface area contributed by atoms with Crippen molar-refractivity contribution in [3.8, 4) is 0 Å². The van der Waals surface area contributed by atoms with Crippen molar-refractivity contribution in [2.45, 2.75) is 0 Å². The van der Waals surface area contributed by atoms with Gasteiger partial charge in [-0.3, -0.25) is 9.59 Å². The molecular formula is C24H18N2O2. The third kappa shape index (κ3) is 2.18. The van der Waals surface area contributed by atoms with Gasteiger partial charge in [0.15, 0.2) is 0 Å². The fraction of sp³-hybridized carbons (Fsp3) is 0.0833. The zero-order chi connectivity index (χ0) is 19.4. The molecule has 2 amide bonds. The molecule has 0 radical (unpaired) electrons. The first-order valence-electron chi connectivity index (χ1n) is 9.17. The topological polar surface area (TPSA) is 40.6 Å². The van der Waals surface area contributed by atoms with Gasteiger partial charge in [0.05, 0.1) is 22.5 Å². The van der Waals surface area contributed by atoms with Crippen LogP contribution >= 0.6 is 0 Å². The van der Waals surface area contributed by atoms with E-state index in [1.54, 1.807) is 23.9 Å². The van der Waals surface area contributed by atoms with Crippen molar-refractivity contribution in [2.24, 2.45) is 0 Å². The minimum absolute atomic E-state index is 0.0277. The van der Waals surface area contributed by atoms with Crippen molar-refractivity contribution in [1.82, 2.24) is 0 Å². The van der Waals surface area contributed by atoms with Crippen molar-refractivity contribution >= 4 is 34.3 Å². The van der Waals surface area contributed by atoms with E-state index in [9.17, 15) is 9.59 Å². The number of carbonyl (C=O) groups excluding carboxylic acids is 2. The van der Waals surface area contributed by atoms with Gasteiger partial charge in [-0.25, -0.2) is 0 Å². The molecule has 28 heavy (non-hydrogen) atoms. The molecule has 0 N–H and O–H groups in total. The predicted molar refractivity (Wildman–Crippen MR) is 110 cm³/mol. The van der Waals surface area contributed by atoms with Crippen LogP contribution in [-0.4, -0.2) is 25.9 Å². The molecule has 2 aliphatic rings. The van der Waals surface area contributed by atoms with Gasteiger partial charge >= 0.3 is 0 Å². The van der Waals surface area contributed by atoms with Gasteiger partial charge in [-0.2, -0.15) is 0 Å². The summed E-state index contributed by atoms with van der Waals surface area (Å²) in [5, 5.41) is 1.73. The summed E-state index contributed by atoms with van der Waals surface area (Å²) in [7, 11) is 3.57. The van der Waals surface area contributed by atoms with Gasteiger partial charge in [-0.05, 0) is 23.3 Å². The van der Waals surface area contributed by atoms with E-state index >= 15 is 0 Å². The van der Waals surface area contributed by atoms with Gasteiger partial charge in [-0.15, -0.1) is 0 Å². The van der Waals surface area contributed by atoms with Crippen molar-refractivity contribution in [2.75, 3.05) is 23.9 Å². The third-order valence-corrected chi connectivity index (χ3v) is 5.54. The zero-order valence-corrected chi connectivity index (χ0v) is 15.6. The molecular weight excluding hydrogens is 348 g/mol. The lowest BCUT2D eigenvalue weighted by Gasteiger charge is -2.13. The summed E-state index contributed by atoms with van der Waals surface area (Å²) in [6.07, 6.45) is 0. The molecule has 4 nitrogen and oxygen atoms in total. The van der Waals surface area contributed by atoms with Crippen molar-refractivity contribution in [3.05, 3.63) is 94.4 Å². The molecule has 0 saturated carbocycles. The van der Waals surface area contributed by atoms with Crippen molar-refractivity contribution in [1.29, 1.82) is 0 Å². The highest BCUT2D eigenvalue weighted by Gasteiger charge is 2.32. The third-order valence-electron chi connectivity index (χ3n) is 5.54. The summed E-state index contributed by atoms with van der Waals surface area (Å²) in [5.41, 5.74) is 4.79. The number of fused-ring (bicyclic) bond motifs is 2. The molecule has 0 aliphatic carbocycles. The van der Waals surface area contributed by atoms with Crippen molar-refractivity contribution < 1.29 is 9.59 Å². The van der Waals surface area contributed by atoms with Crippen LogP contribution in [0, 0.1) is 0 Å². The fourth-order valence-corrected chi connectivity index (χ4v) is 4.08. The smallest absolute Gasteiger partial charge is 0.259 e. The first-order chi connectivity index (χ1) is 13.6. The Morgan fingerprint density at radius 3 is 1.29 bits per heavy atom. The lowest BCUT2D eigenvalue weighted by Crippen LogP contribution is -2.25. The average molecular weight is 366 g/mol. The maximum atomic E-state index is 13.0. The Balaban J connectivity index is 1.87. The Morgan fingerprint density at radius 1 is 0.571 bits per heavy atom. The van der Waals surface area contributed by atoms with Gasteiger partial charge < -0.3 is 9.80 Å². The maximum Gasteiger partial charge on any atom is 0.259 e. The highest BCUT2D eigenvalue weighted by atomic mass is 16.2. The molecule has 3 aromatic carbocycles. The molecule has 5 rings (SSSR count). The molecule has 2 aliphatic heterocycles. The minimum Gasteiger partial charge on any atom is -0.311 e. The minimum atomic E-state index is -0.0277. The van der Waals surface area contributed by atoms with Gasteiger partial charge in [0.1, 0.15) is 0 Å². The van der Waals surface area contributed by atoms with Gasteiger partial charge in [-0.1, -0.05) is 60.7 Å². The Labute approximate surface area is 162 Å². The van der Waals surface area contributed by atoms with E-state index in [2.05, 4.69) is 0 Å². The van der Waals surface area contributed by atoms with Crippen LogP contribution in [0.5, 0.6) is 0 Å². The van der Waals surface area contributed by atoms with Crippen LogP contribution in [0.25, 0.3) is 11.1 Å². The number of hydrogen-bond acceptors (Lipinski definition) is 2. The van der Waals surface area contributed by atoms with Crippen LogP contribution in [0.3, 0.4) is 0 Å². The predicted octanol–water partition coefficient (Wildman–Crippen LogP) is 2.04. The second kappa shape index (κ2) is 5.92. The molecule has 0 fully saturated rings. The van der Waals surface area contributed by atoms with Crippen LogP contribution in [-0.2, 0) is 9.59 Å². The molecule has 0 bridgehead atoms. The van der Waals surface area contributed by atoms with E-state index in [1.165, 1.54) is 0 Å². The highest BCUT2D eigenvalue weighted by Crippen LogP contribution is 2.28. The zero-order valence-electron chi connectivity index (χ0n) is 15.6. The standard InChI is InChI=1S/C24H18N2O2/c1-25-19-13-18-20(26(2)24(28)22(18)16-11-7-4-8-12-16)14-17(19)21(23(25)27)15-9-5-3-6-10-15/h3-14H,1-2H3. The lowest BCUT2D eigenvalue weighted by molar-refractivity contribution is -0.113. The lowest BCUT2D eigenvalue weighted by atomic mass is 10.0. The Bertz CT molecular complexity index is 1160. The van der Waals surface area contributed by atoms with E-state index in [-0.39, 0.29) is 11.8 Å². The second-order valence-electron chi connectivity index (χ2n) is 7.10. The van der Waals surface area contributed by atoms with Crippen molar-refractivity contribution in [3.63, 3.8) is 0 Å². The van der Waals surface area contributed by atoms with Crippen LogP contribution in [0.1, 0.15) is 11.1 Å². The Kier molecular flexibility index (Phi) is 3.49. The van der Waals surface area contributed by atoms with Gasteiger partial charge in [0, 0.05) is 24.5 Å². The molecule has 0 unspecified atom stereocenters. The maximum absolute atomic E-state index is 13.0. The van der Waals surface area contributed by atoms with Crippen LogP contribution in [0.2, 0.25) is 0 Å². The Morgan fingerprint density at radius 2 is 0.929 bits per heavy atom. The molecule has 0 spiro atoms. The van der Waals surface area contributed by atoms with E-state index < -0.39 is 0 Å². The molecule has 0 saturated heterocycles. The first kappa shape index (κ1) is 16.5. The first-order valence-corrected chi connectivity index (χ1v) is 9.17. The molecule has 3 aromatic rings. The normalized spacial score (nSPS) is 15.4. The molecule has 136 valence electrons. The largest absolute Gasteiger partial charge is 0.311 e. The SMILES string of the molecule is CN1C(=O)C(c2ccccc2)=c2cc3c(cc21)=C(c1ccccc1)C(=O)N3C. The summed E-state index contributed by atoms with van der Waals surface area (Å²) in [5.74, 6) is -0.0553. The summed E-state index contributed by atoms with van der Waals surface area (Å²) >= 11 is 0. The van der Waals surface area contributed by atoms with E-state index in [4.69, 9.17) is 0 Å². The number of carbonyl (C=O) groups is 2. The highest BCUT2D eigenvalue weighted by molar-refractivity contribution is 6.32. The number of nitrogens with zero attached hydrogens (tertiary/aromatic N) is 2. The number of rotatable bonds is 2. The molecule has 4 heteroatoms. The van der Waals surface area contributed by atoms with Gasteiger partial charge in [0.25, 0.3) is 11.8 Å². The van der Waals surface area contributed by atoms with Crippen LogP contribution in [0.4, 0.5) is 11.4 Å². The van der Waals surface area contributed by atoms with Crippen LogP contribution in [0.15, 0.2) is 72.8 Å². The summed E-state index contributed by atoms with van der Waals surface area (Å²) in [4.78, 5) is 29.3. The van der Waals surface area contributed by atoms with E-state index in [0.717, 1.165) is 32.9 Å². The van der Waals surface area contributed by atoms with E-state index in [0.29, 0.717) is 11.1 Å². The molecule has 0 atom stereocenters. The number of likely N-dealkylation sites (N-methyl/N-ethyl adjacent to an activating group) is 2. The summed E-state index contributed by atoms with van der Waals surface area (Å²) in [6, 6.07) is 23.3. The fourth-order valence-electron chi connectivity index (χ4n) is 4.08. The molecule has 0 aromatic heterocycles. The summed E-state index contributed by atoms with van der Waals surface area (Å²) < 4.78 is 0. The molecule has 2 heterocycles. The second-order valence-corrected chi connectivity index (χ2v) is 7.10. The van der Waals surface area contributed by atoms with Crippen LogP contribution < -0.4 is 20.2 Å². The number of hydrogen-bond donors (Lipinski definition) is 0. The average Bonchev–Trinajstić information content (AvgIpc) is 3.12. The number of anilines is 2. The quantitative estimate of drug-likeness (QED) is 0.696.